The van der Waals surface area contributed by atoms with Gasteiger partial charge in [-0.3, -0.25) is 4.57 Å². The van der Waals surface area contributed by atoms with Gasteiger partial charge in [0.15, 0.2) is 17.0 Å². The molecule has 206 valence electrons. The second kappa shape index (κ2) is 9.78. The number of nitrogens with zero attached hydrogens (tertiary/aromatic N) is 8. The van der Waals surface area contributed by atoms with Crippen molar-refractivity contribution in [3.8, 4) is 5.95 Å². The molecule has 0 atom stereocenters. The lowest BCUT2D eigenvalue weighted by Crippen LogP contribution is -2.52. The molecular formula is C28H36N8O3. The minimum atomic E-state index is -0.496. The summed E-state index contributed by atoms with van der Waals surface area (Å²) in [5.41, 5.74) is 3.00. The van der Waals surface area contributed by atoms with Crippen LogP contribution < -0.4 is 4.90 Å². The Morgan fingerprint density at radius 3 is 2.51 bits per heavy atom. The largest absolute Gasteiger partial charge is 0.444 e. The van der Waals surface area contributed by atoms with E-state index in [1.54, 1.807) is 4.90 Å². The fourth-order valence-electron chi connectivity index (χ4n) is 5.33. The van der Waals surface area contributed by atoms with Crippen LogP contribution in [0.4, 0.5) is 10.6 Å². The Bertz CT molecular complexity index is 1520. The zero-order chi connectivity index (χ0) is 27.3. The first kappa shape index (κ1) is 25.5. The molecule has 2 aliphatic rings. The topological polar surface area (TPSA) is 103 Å². The third-order valence-electron chi connectivity index (χ3n) is 7.32. The van der Waals surface area contributed by atoms with Gasteiger partial charge in [-0.2, -0.15) is 9.97 Å². The average molecular weight is 533 g/mol. The van der Waals surface area contributed by atoms with Crippen molar-refractivity contribution in [3.05, 3.63) is 35.9 Å². The Hall–Kier alpha value is -3.73. The van der Waals surface area contributed by atoms with Crippen LogP contribution in [-0.2, 0) is 29.4 Å². The number of fused-ring (bicyclic) bond motifs is 2. The molecule has 2 fully saturated rings. The number of rotatable bonds is 5. The number of likely N-dealkylation sites (tertiary alicyclic amines) is 1. The summed E-state index contributed by atoms with van der Waals surface area (Å²) in [5.74, 6) is 3.60. The Labute approximate surface area is 227 Å². The Morgan fingerprint density at radius 1 is 1.05 bits per heavy atom. The number of aromatic nitrogens is 6. The molecule has 4 aromatic rings. The molecule has 2 aliphatic heterocycles. The summed E-state index contributed by atoms with van der Waals surface area (Å²) in [4.78, 5) is 36.5. The van der Waals surface area contributed by atoms with Crippen molar-refractivity contribution in [3.63, 3.8) is 0 Å². The zero-order valence-corrected chi connectivity index (χ0v) is 23.3. The summed E-state index contributed by atoms with van der Waals surface area (Å²) in [6.07, 6.45) is 1.25. The number of amides is 1. The molecule has 0 radical (unpaired) electrons. The van der Waals surface area contributed by atoms with Crippen molar-refractivity contribution in [1.29, 1.82) is 0 Å². The fraction of sp³-hybridized carbons (Fsp3) is 0.536. The van der Waals surface area contributed by atoms with E-state index in [1.165, 1.54) is 0 Å². The molecule has 3 aromatic heterocycles. The number of hydrogen-bond donors (Lipinski definition) is 0. The summed E-state index contributed by atoms with van der Waals surface area (Å²) in [7, 11) is 2.02. The highest BCUT2D eigenvalue weighted by Gasteiger charge is 2.35. The van der Waals surface area contributed by atoms with Crippen LogP contribution in [-0.4, -0.2) is 85.1 Å². The molecule has 5 heterocycles. The standard InChI is InChI=1S/C28H36N8O3/c1-6-21-29-19-9-7-8-10-20(19)36(21)26-31-24-23(25(32-26)34-11-13-38-14-12-34)30-22(33(24)5)15-18-16-35(17-18)27(37)39-28(2,3)4/h7-10,18H,6,11-17H2,1-5H3. The number of para-hydroxylation sites is 2. The van der Waals surface area contributed by atoms with Crippen LogP contribution in [0.5, 0.6) is 0 Å². The van der Waals surface area contributed by atoms with Crippen molar-refractivity contribution >= 4 is 34.1 Å². The maximum Gasteiger partial charge on any atom is 0.410 e. The van der Waals surface area contributed by atoms with Crippen molar-refractivity contribution < 1.29 is 14.3 Å². The van der Waals surface area contributed by atoms with E-state index in [9.17, 15) is 4.79 Å². The fourth-order valence-corrected chi connectivity index (χ4v) is 5.33. The lowest BCUT2D eigenvalue weighted by Gasteiger charge is -2.39. The normalized spacial score (nSPS) is 16.7. The minimum Gasteiger partial charge on any atom is -0.444 e. The van der Waals surface area contributed by atoms with Crippen LogP contribution in [0.25, 0.3) is 28.1 Å². The van der Waals surface area contributed by atoms with Gasteiger partial charge in [0.05, 0.1) is 24.2 Å². The van der Waals surface area contributed by atoms with Gasteiger partial charge < -0.3 is 23.8 Å². The SMILES string of the molecule is CCc1nc2ccccc2n1-c1nc(N2CCOCC2)c2nc(CC3CN(C(=O)OC(C)(C)C)C3)n(C)c2n1. The second-order valence-corrected chi connectivity index (χ2v) is 11.4. The molecule has 0 aliphatic carbocycles. The van der Waals surface area contributed by atoms with E-state index in [-0.39, 0.29) is 6.09 Å². The zero-order valence-electron chi connectivity index (χ0n) is 23.3. The van der Waals surface area contributed by atoms with E-state index in [0.717, 1.165) is 65.6 Å². The van der Waals surface area contributed by atoms with E-state index < -0.39 is 5.60 Å². The van der Waals surface area contributed by atoms with Gasteiger partial charge in [0.25, 0.3) is 0 Å². The highest BCUT2D eigenvalue weighted by atomic mass is 16.6. The van der Waals surface area contributed by atoms with Crippen LogP contribution >= 0.6 is 0 Å². The first-order valence-electron chi connectivity index (χ1n) is 13.7. The minimum absolute atomic E-state index is 0.256. The summed E-state index contributed by atoms with van der Waals surface area (Å²) in [6, 6.07) is 8.10. The molecule has 11 nitrogen and oxygen atoms in total. The molecule has 6 rings (SSSR count). The van der Waals surface area contributed by atoms with Crippen molar-refractivity contribution in [1.82, 2.24) is 34.0 Å². The summed E-state index contributed by atoms with van der Waals surface area (Å²) < 4.78 is 15.3. The lowest BCUT2D eigenvalue weighted by atomic mass is 9.96. The van der Waals surface area contributed by atoms with E-state index in [2.05, 4.69) is 27.0 Å². The number of imidazole rings is 2. The Morgan fingerprint density at radius 2 is 1.79 bits per heavy atom. The van der Waals surface area contributed by atoms with E-state index in [0.29, 0.717) is 38.2 Å². The van der Waals surface area contributed by atoms with Crippen LogP contribution in [0.2, 0.25) is 0 Å². The number of aryl methyl sites for hydroxylation is 2. The monoisotopic (exact) mass is 532 g/mol. The highest BCUT2D eigenvalue weighted by molar-refractivity contribution is 5.86. The third kappa shape index (κ3) is 4.80. The maximum atomic E-state index is 12.4. The van der Waals surface area contributed by atoms with Gasteiger partial charge in [-0.15, -0.1) is 0 Å². The van der Waals surface area contributed by atoms with Gasteiger partial charge in [0.2, 0.25) is 5.95 Å². The van der Waals surface area contributed by atoms with Crippen molar-refractivity contribution in [2.24, 2.45) is 13.0 Å². The van der Waals surface area contributed by atoms with Gasteiger partial charge >= 0.3 is 6.09 Å². The molecule has 11 heteroatoms. The van der Waals surface area contributed by atoms with Crippen LogP contribution in [0.15, 0.2) is 24.3 Å². The van der Waals surface area contributed by atoms with Gasteiger partial charge in [0, 0.05) is 52.0 Å². The maximum absolute atomic E-state index is 12.4. The molecule has 0 bridgehead atoms. The van der Waals surface area contributed by atoms with Gasteiger partial charge in [0.1, 0.15) is 17.2 Å². The third-order valence-corrected chi connectivity index (χ3v) is 7.32. The van der Waals surface area contributed by atoms with Crippen LogP contribution in [0.1, 0.15) is 39.3 Å². The Kier molecular flexibility index (Phi) is 6.41. The number of carbonyl (C=O) groups excluding carboxylic acids is 1. The molecule has 1 aromatic carbocycles. The average Bonchev–Trinajstić information content (AvgIpc) is 3.42. The molecule has 0 unspecified atom stereocenters. The summed E-state index contributed by atoms with van der Waals surface area (Å²) >= 11 is 0. The lowest BCUT2D eigenvalue weighted by molar-refractivity contribution is -0.00120. The molecule has 39 heavy (non-hydrogen) atoms. The molecule has 2 saturated heterocycles. The van der Waals surface area contributed by atoms with Crippen molar-refractivity contribution in [2.75, 3.05) is 44.3 Å². The quantitative estimate of drug-likeness (QED) is 0.385. The molecule has 0 saturated carbocycles. The number of anilines is 1. The number of morpholine rings is 1. The highest BCUT2D eigenvalue weighted by Crippen LogP contribution is 2.30. The van der Waals surface area contributed by atoms with Gasteiger partial charge in [-0.25, -0.2) is 14.8 Å². The van der Waals surface area contributed by atoms with Crippen LogP contribution in [0.3, 0.4) is 0 Å². The predicted octanol–water partition coefficient (Wildman–Crippen LogP) is 3.51. The molecule has 1 amide bonds. The van der Waals surface area contributed by atoms with Gasteiger partial charge in [-0.1, -0.05) is 19.1 Å². The second-order valence-electron chi connectivity index (χ2n) is 11.4. The molecule has 0 N–H and O–H groups in total. The predicted molar refractivity (Wildman–Crippen MR) is 148 cm³/mol. The van der Waals surface area contributed by atoms with E-state index in [1.807, 2.05) is 46.0 Å². The summed E-state index contributed by atoms with van der Waals surface area (Å²) in [6.45, 7) is 11.9. The number of carbonyl (C=O) groups is 1. The van der Waals surface area contributed by atoms with Crippen LogP contribution in [0, 0.1) is 5.92 Å². The van der Waals surface area contributed by atoms with E-state index >= 15 is 0 Å². The first-order valence-corrected chi connectivity index (χ1v) is 13.7. The molecule has 0 spiro atoms. The number of ether oxygens (including phenoxy) is 2. The molecular weight excluding hydrogens is 496 g/mol. The summed E-state index contributed by atoms with van der Waals surface area (Å²) in [5, 5.41) is 0. The Balaban J connectivity index is 1.37. The van der Waals surface area contributed by atoms with E-state index in [4.69, 9.17) is 29.4 Å². The van der Waals surface area contributed by atoms with Gasteiger partial charge in [-0.05, 0) is 32.9 Å². The van der Waals surface area contributed by atoms with Crippen molar-refractivity contribution in [2.45, 2.75) is 46.1 Å². The smallest absolute Gasteiger partial charge is 0.410 e. The number of hydrogen-bond acceptors (Lipinski definition) is 8. The first-order chi connectivity index (χ1) is 18.7. The number of benzene rings is 1.